The Labute approximate surface area is 117 Å². The van der Waals surface area contributed by atoms with Crippen molar-refractivity contribution >= 4 is 11.5 Å². The molecule has 0 radical (unpaired) electrons. The summed E-state index contributed by atoms with van der Waals surface area (Å²) in [6.45, 7) is 2.63. The average molecular weight is 277 g/mol. The maximum atomic E-state index is 10.7. The van der Waals surface area contributed by atoms with Gasteiger partial charge in [-0.1, -0.05) is 0 Å². The Morgan fingerprint density at radius 1 is 1.45 bits per heavy atom. The highest BCUT2D eigenvalue weighted by molar-refractivity contribution is 5.48. The van der Waals surface area contributed by atoms with Crippen LogP contribution in [0.1, 0.15) is 31.2 Å². The summed E-state index contributed by atoms with van der Waals surface area (Å²) in [4.78, 5) is 14.5. The van der Waals surface area contributed by atoms with E-state index < -0.39 is 4.92 Å². The summed E-state index contributed by atoms with van der Waals surface area (Å²) in [6.07, 6.45) is 6.22. The van der Waals surface area contributed by atoms with Gasteiger partial charge in [0.15, 0.2) is 0 Å². The van der Waals surface area contributed by atoms with Crippen LogP contribution < -0.4 is 5.32 Å². The molecule has 6 heteroatoms. The van der Waals surface area contributed by atoms with Gasteiger partial charge in [0, 0.05) is 18.7 Å². The van der Waals surface area contributed by atoms with Gasteiger partial charge in [0.25, 0.3) is 5.69 Å². The van der Waals surface area contributed by atoms with Crippen molar-refractivity contribution in [3.8, 4) is 0 Å². The average Bonchev–Trinajstić information content (AvgIpc) is 3.25. The van der Waals surface area contributed by atoms with Crippen LogP contribution in [0.15, 0.2) is 12.3 Å². The molecule has 2 aliphatic rings. The van der Waals surface area contributed by atoms with Gasteiger partial charge >= 0.3 is 0 Å². The monoisotopic (exact) mass is 277 g/mol. The van der Waals surface area contributed by atoms with Crippen LogP contribution in [0.4, 0.5) is 11.5 Å². The van der Waals surface area contributed by atoms with Gasteiger partial charge in [-0.3, -0.25) is 10.1 Å². The van der Waals surface area contributed by atoms with Gasteiger partial charge in [-0.25, -0.2) is 4.98 Å². The van der Waals surface area contributed by atoms with Gasteiger partial charge in [-0.15, -0.1) is 0 Å². The van der Waals surface area contributed by atoms with Gasteiger partial charge < -0.3 is 10.1 Å². The van der Waals surface area contributed by atoms with Crippen LogP contribution >= 0.6 is 0 Å². The van der Waals surface area contributed by atoms with Crippen molar-refractivity contribution in [2.24, 2.45) is 5.92 Å². The second-order valence-corrected chi connectivity index (χ2v) is 5.73. The third-order valence-electron chi connectivity index (χ3n) is 4.08. The number of rotatable bonds is 4. The number of pyridine rings is 1. The fraction of sp³-hybridized carbons (Fsp3) is 0.643. The highest BCUT2D eigenvalue weighted by Crippen LogP contribution is 2.38. The number of anilines is 1. The van der Waals surface area contributed by atoms with Crippen LogP contribution in [0.25, 0.3) is 0 Å². The first kappa shape index (κ1) is 13.3. The van der Waals surface area contributed by atoms with Crippen LogP contribution in [0.5, 0.6) is 0 Å². The van der Waals surface area contributed by atoms with Crippen LogP contribution in [-0.2, 0) is 4.74 Å². The second kappa shape index (κ2) is 5.36. The molecule has 1 aliphatic carbocycles. The Balaban J connectivity index is 1.66. The van der Waals surface area contributed by atoms with Crippen molar-refractivity contribution in [1.29, 1.82) is 0 Å². The Hall–Kier alpha value is -1.69. The molecular weight excluding hydrogens is 258 g/mol. The minimum absolute atomic E-state index is 0.0379. The van der Waals surface area contributed by atoms with Gasteiger partial charge in [0.1, 0.15) is 12.0 Å². The summed E-state index contributed by atoms with van der Waals surface area (Å²) in [5.74, 6) is 1.49. The van der Waals surface area contributed by atoms with Crippen molar-refractivity contribution in [3.05, 3.63) is 27.9 Å². The third-order valence-corrected chi connectivity index (χ3v) is 4.08. The summed E-state index contributed by atoms with van der Waals surface area (Å²) >= 11 is 0. The molecule has 2 unspecified atom stereocenters. The Kier molecular flexibility index (Phi) is 3.56. The SMILES string of the molecule is Cc1cc([N+](=O)[O-])cnc1NC1CCOC(C2CC2)C1. The molecule has 1 saturated carbocycles. The number of aromatic nitrogens is 1. The molecule has 0 bridgehead atoms. The summed E-state index contributed by atoms with van der Waals surface area (Å²) < 4.78 is 5.80. The molecule has 0 amide bonds. The van der Waals surface area contributed by atoms with Crippen LogP contribution in [0.3, 0.4) is 0 Å². The molecule has 3 rings (SSSR count). The first-order valence-electron chi connectivity index (χ1n) is 7.12. The topological polar surface area (TPSA) is 77.3 Å². The number of hydrogen-bond acceptors (Lipinski definition) is 5. The summed E-state index contributed by atoms with van der Waals surface area (Å²) in [5.41, 5.74) is 0.851. The predicted octanol–water partition coefficient (Wildman–Crippen LogP) is 2.67. The van der Waals surface area contributed by atoms with E-state index >= 15 is 0 Å². The largest absolute Gasteiger partial charge is 0.378 e. The van der Waals surface area contributed by atoms with Crippen molar-refractivity contribution in [2.45, 2.75) is 44.8 Å². The minimum atomic E-state index is -0.415. The van der Waals surface area contributed by atoms with Gasteiger partial charge in [0.05, 0.1) is 11.0 Å². The zero-order valence-electron chi connectivity index (χ0n) is 11.5. The lowest BCUT2D eigenvalue weighted by Crippen LogP contribution is -2.35. The smallest absolute Gasteiger partial charge is 0.287 e. The van der Waals surface area contributed by atoms with Crippen LogP contribution in [0.2, 0.25) is 0 Å². The fourth-order valence-electron chi connectivity index (χ4n) is 2.76. The lowest BCUT2D eigenvalue weighted by Gasteiger charge is -2.30. The van der Waals surface area contributed by atoms with E-state index in [1.54, 1.807) is 6.07 Å². The fourth-order valence-corrected chi connectivity index (χ4v) is 2.76. The molecule has 1 N–H and O–H groups in total. The van der Waals surface area contributed by atoms with E-state index in [0.29, 0.717) is 12.1 Å². The number of nitro groups is 1. The number of hydrogen-bond donors (Lipinski definition) is 1. The lowest BCUT2D eigenvalue weighted by atomic mass is 10.00. The molecule has 6 nitrogen and oxygen atoms in total. The molecule has 2 fully saturated rings. The van der Waals surface area contributed by atoms with Gasteiger partial charge in [-0.05, 0) is 44.1 Å². The third kappa shape index (κ3) is 2.90. The number of aryl methyl sites for hydroxylation is 1. The molecule has 20 heavy (non-hydrogen) atoms. The molecule has 1 aromatic heterocycles. The summed E-state index contributed by atoms with van der Waals surface area (Å²) in [6, 6.07) is 1.91. The highest BCUT2D eigenvalue weighted by atomic mass is 16.6. The van der Waals surface area contributed by atoms with E-state index in [2.05, 4.69) is 10.3 Å². The Morgan fingerprint density at radius 3 is 2.90 bits per heavy atom. The van der Waals surface area contributed by atoms with Crippen molar-refractivity contribution in [1.82, 2.24) is 4.98 Å². The Bertz CT molecular complexity index is 516. The normalized spacial score (nSPS) is 26.2. The van der Waals surface area contributed by atoms with Crippen molar-refractivity contribution in [2.75, 3.05) is 11.9 Å². The highest BCUT2D eigenvalue weighted by Gasteiger charge is 2.36. The van der Waals surface area contributed by atoms with Gasteiger partial charge in [0.2, 0.25) is 0 Å². The summed E-state index contributed by atoms with van der Waals surface area (Å²) in [5, 5.41) is 14.1. The quantitative estimate of drug-likeness (QED) is 0.676. The number of ether oxygens (including phenoxy) is 1. The number of nitrogens with zero attached hydrogens (tertiary/aromatic N) is 2. The molecule has 1 aliphatic heterocycles. The van der Waals surface area contributed by atoms with E-state index in [0.717, 1.165) is 36.7 Å². The van der Waals surface area contributed by atoms with Crippen molar-refractivity contribution in [3.63, 3.8) is 0 Å². The zero-order chi connectivity index (χ0) is 14.1. The summed E-state index contributed by atoms with van der Waals surface area (Å²) in [7, 11) is 0. The first-order valence-corrected chi connectivity index (χ1v) is 7.12. The molecule has 108 valence electrons. The van der Waals surface area contributed by atoms with E-state index in [4.69, 9.17) is 4.74 Å². The molecule has 1 saturated heterocycles. The molecular formula is C14H19N3O3. The maximum absolute atomic E-state index is 10.7. The predicted molar refractivity (Wildman–Crippen MR) is 74.7 cm³/mol. The maximum Gasteiger partial charge on any atom is 0.287 e. The minimum Gasteiger partial charge on any atom is -0.378 e. The molecule has 1 aromatic rings. The lowest BCUT2D eigenvalue weighted by molar-refractivity contribution is -0.385. The van der Waals surface area contributed by atoms with E-state index in [1.807, 2.05) is 6.92 Å². The first-order chi connectivity index (χ1) is 9.63. The Morgan fingerprint density at radius 2 is 2.25 bits per heavy atom. The molecule has 0 aromatic carbocycles. The van der Waals surface area contributed by atoms with E-state index in [-0.39, 0.29) is 5.69 Å². The van der Waals surface area contributed by atoms with Crippen LogP contribution in [0, 0.1) is 23.0 Å². The zero-order valence-corrected chi connectivity index (χ0v) is 11.5. The van der Waals surface area contributed by atoms with Gasteiger partial charge in [-0.2, -0.15) is 0 Å². The van der Waals surface area contributed by atoms with E-state index in [1.165, 1.54) is 19.0 Å². The van der Waals surface area contributed by atoms with Crippen molar-refractivity contribution < 1.29 is 9.66 Å². The second-order valence-electron chi connectivity index (χ2n) is 5.73. The number of nitrogens with one attached hydrogen (secondary N) is 1. The molecule has 2 heterocycles. The van der Waals surface area contributed by atoms with E-state index in [9.17, 15) is 10.1 Å². The van der Waals surface area contributed by atoms with Crippen LogP contribution in [-0.4, -0.2) is 28.7 Å². The standard InChI is InChI=1S/C14H19N3O3/c1-9-6-12(17(18)19)8-15-14(9)16-11-4-5-20-13(7-11)10-2-3-10/h6,8,10-11,13H,2-5,7H2,1H3,(H,15,16). The molecule has 0 spiro atoms. The molecule has 2 atom stereocenters.